The second-order valence-electron chi connectivity index (χ2n) is 4.12. The first-order valence-electron chi connectivity index (χ1n) is 6.01. The number of rotatable bonds is 6. The van der Waals surface area contributed by atoms with Crippen molar-refractivity contribution in [1.82, 2.24) is 5.32 Å². The Labute approximate surface area is 115 Å². The molecule has 0 saturated carbocycles. The first-order chi connectivity index (χ1) is 9.16. The van der Waals surface area contributed by atoms with Crippen molar-refractivity contribution in [2.75, 3.05) is 12.3 Å². The van der Waals surface area contributed by atoms with Gasteiger partial charge in [-0.1, -0.05) is 0 Å². The zero-order valence-corrected chi connectivity index (χ0v) is 11.3. The van der Waals surface area contributed by atoms with Crippen molar-refractivity contribution in [1.29, 1.82) is 0 Å². The number of furan rings is 1. The number of thioether (sulfide) groups is 1. The molecule has 2 rings (SSSR count). The van der Waals surface area contributed by atoms with Gasteiger partial charge < -0.3 is 9.73 Å². The van der Waals surface area contributed by atoms with Crippen LogP contribution in [0.1, 0.15) is 18.7 Å². The molecule has 0 amide bonds. The molecular weight excluding hydrogens is 268 g/mol. The van der Waals surface area contributed by atoms with Crippen LogP contribution in [0.15, 0.2) is 45.9 Å². The van der Waals surface area contributed by atoms with Crippen molar-refractivity contribution >= 4 is 11.8 Å². The van der Waals surface area contributed by atoms with E-state index in [1.54, 1.807) is 12.3 Å². The predicted molar refractivity (Wildman–Crippen MR) is 72.2 cm³/mol. The van der Waals surface area contributed by atoms with Crippen molar-refractivity contribution in [2.24, 2.45) is 0 Å². The van der Waals surface area contributed by atoms with Gasteiger partial charge in [0.2, 0.25) is 0 Å². The maximum atomic E-state index is 13.0. The van der Waals surface area contributed by atoms with Gasteiger partial charge in [0.05, 0.1) is 12.3 Å². The third-order valence-electron chi connectivity index (χ3n) is 2.68. The summed E-state index contributed by atoms with van der Waals surface area (Å²) in [5, 5.41) is 3.30. The lowest BCUT2D eigenvalue weighted by molar-refractivity contribution is 0.438. The lowest BCUT2D eigenvalue weighted by Crippen LogP contribution is -2.20. The van der Waals surface area contributed by atoms with Crippen LogP contribution in [0.5, 0.6) is 0 Å². The topological polar surface area (TPSA) is 25.2 Å². The molecule has 0 bridgehead atoms. The van der Waals surface area contributed by atoms with Gasteiger partial charge in [0.1, 0.15) is 5.76 Å². The SMILES string of the molecule is CC(NCCSc1ccc(F)c(F)c1)c1ccco1. The molecule has 1 heterocycles. The van der Waals surface area contributed by atoms with Gasteiger partial charge in [-0.15, -0.1) is 11.8 Å². The lowest BCUT2D eigenvalue weighted by Gasteiger charge is -2.10. The summed E-state index contributed by atoms with van der Waals surface area (Å²) in [5.74, 6) is 0.0458. The molecule has 0 aliphatic carbocycles. The summed E-state index contributed by atoms with van der Waals surface area (Å²) < 4.78 is 31.0. The average Bonchev–Trinajstić information content (AvgIpc) is 2.92. The average molecular weight is 283 g/mol. The maximum Gasteiger partial charge on any atom is 0.159 e. The van der Waals surface area contributed by atoms with Crippen molar-refractivity contribution in [2.45, 2.75) is 17.9 Å². The first-order valence-corrected chi connectivity index (χ1v) is 7.00. The number of benzene rings is 1. The van der Waals surface area contributed by atoms with Crippen LogP contribution >= 0.6 is 11.8 Å². The van der Waals surface area contributed by atoms with Gasteiger partial charge >= 0.3 is 0 Å². The van der Waals surface area contributed by atoms with Crippen LogP contribution in [0.25, 0.3) is 0 Å². The van der Waals surface area contributed by atoms with Crippen molar-refractivity contribution in [3.8, 4) is 0 Å². The third-order valence-corrected chi connectivity index (χ3v) is 3.68. The second kappa shape index (κ2) is 6.73. The van der Waals surface area contributed by atoms with Gasteiger partial charge in [-0.2, -0.15) is 0 Å². The minimum absolute atomic E-state index is 0.139. The highest BCUT2D eigenvalue weighted by Gasteiger charge is 2.07. The van der Waals surface area contributed by atoms with Crippen molar-refractivity contribution in [3.05, 3.63) is 54.0 Å². The van der Waals surface area contributed by atoms with Crippen LogP contribution in [0, 0.1) is 11.6 Å². The van der Waals surface area contributed by atoms with Gasteiger partial charge in [0.25, 0.3) is 0 Å². The van der Waals surface area contributed by atoms with Crippen molar-refractivity contribution in [3.63, 3.8) is 0 Å². The number of nitrogens with one attached hydrogen (secondary N) is 1. The number of hydrogen-bond donors (Lipinski definition) is 1. The molecule has 1 aromatic heterocycles. The van der Waals surface area contributed by atoms with Crippen LogP contribution in [0.4, 0.5) is 8.78 Å². The van der Waals surface area contributed by atoms with E-state index in [1.165, 1.54) is 17.8 Å². The van der Waals surface area contributed by atoms with Gasteiger partial charge in [0.15, 0.2) is 11.6 Å². The predicted octanol–water partition coefficient (Wildman–Crippen LogP) is 4.00. The van der Waals surface area contributed by atoms with E-state index in [2.05, 4.69) is 5.32 Å². The van der Waals surface area contributed by atoms with Crippen LogP contribution < -0.4 is 5.32 Å². The molecule has 1 aromatic carbocycles. The molecule has 0 fully saturated rings. The van der Waals surface area contributed by atoms with Gasteiger partial charge in [-0.25, -0.2) is 8.78 Å². The van der Waals surface area contributed by atoms with E-state index in [0.717, 1.165) is 29.0 Å². The van der Waals surface area contributed by atoms with Crippen LogP contribution in [0.2, 0.25) is 0 Å². The van der Waals surface area contributed by atoms with E-state index < -0.39 is 11.6 Å². The molecule has 0 spiro atoms. The molecule has 1 atom stereocenters. The third kappa shape index (κ3) is 4.08. The maximum absolute atomic E-state index is 13.0. The fraction of sp³-hybridized carbons (Fsp3) is 0.286. The van der Waals surface area contributed by atoms with Crippen molar-refractivity contribution < 1.29 is 13.2 Å². The highest BCUT2D eigenvalue weighted by Crippen LogP contribution is 2.20. The molecule has 1 N–H and O–H groups in total. The van der Waals surface area contributed by atoms with Gasteiger partial charge in [-0.05, 0) is 37.3 Å². The van der Waals surface area contributed by atoms with E-state index in [0.29, 0.717) is 0 Å². The highest BCUT2D eigenvalue weighted by molar-refractivity contribution is 7.99. The molecule has 1 unspecified atom stereocenters. The Balaban J connectivity index is 1.73. The molecule has 0 saturated heterocycles. The van der Waals surface area contributed by atoms with Crippen LogP contribution in [-0.4, -0.2) is 12.3 Å². The fourth-order valence-corrected chi connectivity index (χ4v) is 2.46. The molecule has 0 radical (unpaired) electrons. The summed E-state index contributed by atoms with van der Waals surface area (Å²) in [5.41, 5.74) is 0. The summed E-state index contributed by atoms with van der Waals surface area (Å²) in [7, 11) is 0. The molecule has 2 aromatic rings. The minimum Gasteiger partial charge on any atom is -0.468 e. The second-order valence-corrected chi connectivity index (χ2v) is 5.28. The Morgan fingerprint density at radius 3 is 2.79 bits per heavy atom. The smallest absolute Gasteiger partial charge is 0.159 e. The molecule has 102 valence electrons. The fourth-order valence-electron chi connectivity index (χ4n) is 1.65. The van der Waals surface area contributed by atoms with Crippen LogP contribution in [-0.2, 0) is 0 Å². The molecule has 2 nitrogen and oxygen atoms in total. The Hall–Kier alpha value is -1.33. The molecule has 0 aliphatic heterocycles. The molecule has 5 heteroatoms. The van der Waals surface area contributed by atoms with Gasteiger partial charge in [0, 0.05) is 17.2 Å². The monoisotopic (exact) mass is 283 g/mol. The van der Waals surface area contributed by atoms with E-state index in [-0.39, 0.29) is 6.04 Å². The zero-order chi connectivity index (χ0) is 13.7. The van der Waals surface area contributed by atoms with E-state index in [9.17, 15) is 8.78 Å². The quantitative estimate of drug-likeness (QED) is 0.641. The summed E-state index contributed by atoms with van der Waals surface area (Å²) >= 11 is 1.48. The van der Waals surface area contributed by atoms with Gasteiger partial charge in [-0.3, -0.25) is 0 Å². The molecular formula is C14H15F2NOS. The molecule has 19 heavy (non-hydrogen) atoms. The Morgan fingerprint density at radius 1 is 1.26 bits per heavy atom. The highest BCUT2D eigenvalue weighted by atomic mass is 32.2. The molecule has 0 aliphatic rings. The lowest BCUT2D eigenvalue weighted by atomic mass is 10.2. The van der Waals surface area contributed by atoms with Crippen LogP contribution in [0.3, 0.4) is 0 Å². The summed E-state index contributed by atoms with van der Waals surface area (Å²) in [4.78, 5) is 0.728. The van der Waals surface area contributed by atoms with E-state index in [4.69, 9.17) is 4.42 Å². The summed E-state index contributed by atoms with van der Waals surface area (Å²) in [6, 6.07) is 7.86. The Kier molecular flexibility index (Phi) is 4.99. The first kappa shape index (κ1) is 14.1. The summed E-state index contributed by atoms with van der Waals surface area (Å²) in [6.45, 7) is 2.77. The normalized spacial score (nSPS) is 12.6. The largest absolute Gasteiger partial charge is 0.468 e. The Morgan fingerprint density at radius 2 is 2.11 bits per heavy atom. The van der Waals surface area contributed by atoms with E-state index in [1.807, 2.05) is 19.1 Å². The number of hydrogen-bond acceptors (Lipinski definition) is 3. The Bertz CT molecular complexity index is 516. The standard InChI is InChI=1S/C14H15F2NOS/c1-10(14-3-2-7-18-14)17-6-8-19-11-4-5-12(15)13(16)9-11/h2-5,7,9-10,17H,6,8H2,1H3. The zero-order valence-electron chi connectivity index (χ0n) is 10.5. The summed E-state index contributed by atoms with van der Waals surface area (Å²) in [6.07, 6.45) is 1.64. The minimum atomic E-state index is -0.811. The number of halogens is 2. The van der Waals surface area contributed by atoms with E-state index >= 15 is 0 Å².